The largest absolute Gasteiger partial charge is 0.469 e. The summed E-state index contributed by atoms with van der Waals surface area (Å²) >= 11 is 0. The molecule has 1 saturated heterocycles. The molecule has 0 saturated carbocycles. The van der Waals surface area contributed by atoms with Crippen molar-refractivity contribution in [3.8, 4) is 0 Å². The number of benzene rings is 4. The van der Waals surface area contributed by atoms with Gasteiger partial charge in [-0.15, -0.1) is 0 Å². The van der Waals surface area contributed by atoms with E-state index in [4.69, 9.17) is 14.2 Å². The quantitative estimate of drug-likeness (QED) is 0.210. The Morgan fingerprint density at radius 1 is 0.737 bits per heavy atom. The molecule has 4 aromatic carbocycles. The normalized spacial score (nSPS) is 19.6. The van der Waals surface area contributed by atoms with Gasteiger partial charge in [0.25, 0.3) is 0 Å². The lowest BCUT2D eigenvalue weighted by Crippen LogP contribution is -2.47. The third kappa shape index (κ3) is 5.73. The van der Waals surface area contributed by atoms with E-state index >= 15 is 0 Å². The van der Waals surface area contributed by atoms with Crippen LogP contribution in [-0.2, 0) is 25.6 Å². The van der Waals surface area contributed by atoms with Gasteiger partial charge in [0.15, 0.2) is 5.85 Å². The molecule has 4 nitrogen and oxygen atoms in total. The maximum absolute atomic E-state index is 12.4. The van der Waals surface area contributed by atoms with Crippen LogP contribution >= 0.6 is 7.26 Å². The van der Waals surface area contributed by atoms with Gasteiger partial charge in [0, 0.05) is 12.8 Å². The molecule has 0 radical (unpaired) electrons. The minimum Gasteiger partial charge on any atom is -0.469 e. The fourth-order valence-electron chi connectivity index (χ4n) is 5.46. The second-order valence-electron chi connectivity index (χ2n) is 9.61. The number of esters is 1. The van der Waals surface area contributed by atoms with E-state index < -0.39 is 7.26 Å². The van der Waals surface area contributed by atoms with Crippen LogP contribution in [0.1, 0.15) is 24.8 Å². The first kappa shape index (κ1) is 26.3. The average Bonchev–Trinajstić information content (AvgIpc) is 2.99. The lowest BCUT2D eigenvalue weighted by molar-refractivity contribution is -0.148. The lowest BCUT2D eigenvalue weighted by Gasteiger charge is -2.41. The van der Waals surface area contributed by atoms with Gasteiger partial charge < -0.3 is 14.2 Å². The Kier molecular flexibility index (Phi) is 8.65. The Balaban J connectivity index is 1.60. The van der Waals surface area contributed by atoms with Gasteiger partial charge in [0.05, 0.1) is 32.3 Å². The van der Waals surface area contributed by atoms with Crippen molar-refractivity contribution in [3.05, 3.63) is 127 Å². The molecule has 0 bridgehead atoms. The number of ether oxygens (including phenoxy) is 3. The van der Waals surface area contributed by atoms with Crippen molar-refractivity contribution < 1.29 is 19.0 Å². The Hall–Kier alpha value is -3.30. The van der Waals surface area contributed by atoms with Gasteiger partial charge >= 0.3 is 5.97 Å². The summed E-state index contributed by atoms with van der Waals surface area (Å²) in [7, 11) is -0.873. The van der Waals surface area contributed by atoms with Gasteiger partial charge in [-0.2, -0.15) is 0 Å². The van der Waals surface area contributed by atoms with Gasteiger partial charge in [-0.05, 0) is 42.0 Å². The van der Waals surface area contributed by atoms with E-state index in [0.29, 0.717) is 13.0 Å². The lowest BCUT2D eigenvalue weighted by atomic mass is 10.0. The topological polar surface area (TPSA) is 44.8 Å². The van der Waals surface area contributed by atoms with E-state index in [1.165, 1.54) is 23.0 Å². The van der Waals surface area contributed by atoms with Crippen LogP contribution in [0.5, 0.6) is 0 Å². The third-order valence-electron chi connectivity index (χ3n) is 7.21. The molecule has 194 valence electrons. The van der Waals surface area contributed by atoms with Crippen LogP contribution in [0.2, 0.25) is 0 Å². The first-order chi connectivity index (χ1) is 18.7. The maximum atomic E-state index is 12.4. The molecule has 1 heterocycles. The van der Waals surface area contributed by atoms with E-state index in [9.17, 15) is 4.79 Å². The average molecular weight is 526 g/mol. The number of carbonyl (C=O) groups is 1. The molecular formula is C33H34O4P+. The van der Waals surface area contributed by atoms with E-state index in [0.717, 1.165) is 12.0 Å². The Morgan fingerprint density at radius 2 is 1.21 bits per heavy atom. The molecule has 0 aromatic heterocycles. The highest BCUT2D eigenvalue weighted by molar-refractivity contribution is 7.96. The zero-order chi connectivity index (χ0) is 26.2. The van der Waals surface area contributed by atoms with Crippen molar-refractivity contribution in [1.82, 2.24) is 0 Å². The van der Waals surface area contributed by atoms with Crippen LogP contribution in [0.25, 0.3) is 0 Å². The van der Waals surface area contributed by atoms with Crippen molar-refractivity contribution in [2.75, 3.05) is 7.11 Å². The highest BCUT2D eigenvalue weighted by Gasteiger charge is 2.56. The molecular weight excluding hydrogens is 491 g/mol. The first-order valence-corrected chi connectivity index (χ1v) is 15.0. The predicted molar refractivity (Wildman–Crippen MR) is 155 cm³/mol. The third-order valence-corrected chi connectivity index (χ3v) is 11.7. The van der Waals surface area contributed by atoms with Crippen molar-refractivity contribution in [3.63, 3.8) is 0 Å². The van der Waals surface area contributed by atoms with Crippen LogP contribution in [0.3, 0.4) is 0 Å². The zero-order valence-corrected chi connectivity index (χ0v) is 22.6. The Labute approximate surface area is 225 Å². The van der Waals surface area contributed by atoms with Crippen LogP contribution in [0, 0.1) is 0 Å². The summed E-state index contributed by atoms with van der Waals surface area (Å²) in [4.78, 5) is 12.4. The van der Waals surface area contributed by atoms with Crippen molar-refractivity contribution in [2.45, 2.75) is 43.9 Å². The summed E-state index contributed by atoms with van der Waals surface area (Å²) in [6.07, 6.45) is 1.24. The molecule has 0 unspecified atom stereocenters. The summed E-state index contributed by atoms with van der Waals surface area (Å²) < 4.78 is 18.5. The number of hydrogen-bond acceptors (Lipinski definition) is 4. The van der Waals surface area contributed by atoms with Crippen molar-refractivity contribution in [1.29, 1.82) is 0 Å². The van der Waals surface area contributed by atoms with Crippen LogP contribution in [0.15, 0.2) is 121 Å². The van der Waals surface area contributed by atoms with Gasteiger partial charge in [0.1, 0.15) is 23.2 Å². The first-order valence-electron chi connectivity index (χ1n) is 13.1. The fourth-order valence-corrected chi connectivity index (χ4v) is 10.2. The summed E-state index contributed by atoms with van der Waals surface area (Å²) in [5, 5.41) is 3.76. The van der Waals surface area contributed by atoms with Gasteiger partial charge in [0.2, 0.25) is 0 Å². The molecule has 5 heteroatoms. The van der Waals surface area contributed by atoms with Gasteiger partial charge in [-0.1, -0.05) is 84.9 Å². The minimum absolute atomic E-state index is 0.0564. The molecule has 3 atom stereocenters. The van der Waals surface area contributed by atoms with E-state index in [-0.39, 0.29) is 30.4 Å². The molecule has 0 N–H and O–H groups in total. The number of hydrogen-bond donors (Lipinski definition) is 0. The second-order valence-corrected chi connectivity index (χ2v) is 13.2. The van der Waals surface area contributed by atoms with Crippen LogP contribution in [0.4, 0.5) is 0 Å². The molecule has 1 aliphatic rings. The smallest absolute Gasteiger partial charge is 0.308 e. The van der Waals surface area contributed by atoms with Crippen molar-refractivity contribution >= 4 is 29.1 Å². The highest BCUT2D eigenvalue weighted by atomic mass is 31.2. The fraction of sp³-hybridized carbons (Fsp3) is 0.242. The summed E-state index contributed by atoms with van der Waals surface area (Å²) in [6.45, 7) is 0.524. The van der Waals surface area contributed by atoms with E-state index in [1.807, 2.05) is 18.2 Å². The molecule has 0 spiro atoms. The predicted octanol–water partition coefficient (Wildman–Crippen LogP) is 5.63. The highest BCUT2D eigenvalue weighted by Crippen LogP contribution is 2.62. The molecule has 4 aromatic rings. The zero-order valence-electron chi connectivity index (χ0n) is 21.7. The number of methoxy groups -OCH3 is 1. The summed E-state index contributed by atoms with van der Waals surface area (Å²) in [5.41, 5.74) is 1.13. The monoisotopic (exact) mass is 525 g/mol. The molecule has 5 rings (SSSR count). The summed E-state index contributed by atoms with van der Waals surface area (Å²) in [5.74, 6) is -0.431. The molecule has 1 aliphatic heterocycles. The van der Waals surface area contributed by atoms with E-state index in [2.05, 4.69) is 103 Å². The van der Waals surface area contributed by atoms with E-state index in [1.54, 1.807) is 0 Å². The standard InChI is InChI=1S/C33H34O4P/c1-35-32(34)23-28-22-27(36-25-26-14-6-2-7-15-26)24-33(37-28)38(29-16-8-3-9-17-29,30-18-10-4-11-19-30)31-20-12-5-13-21-31/h2-21,27-28,33H,22-25H2,1H3/q+1/t27-,28-,33-/m0/s1. The SMILES string of the molecule is COC(=O)C[C@@H]1C[C@H](OCc2ccccc2)C[C@H]([P+](c2ccccc2)(c2ccccc2)c2ccccc2)O1. The van der Waals surface area contributed by atoms with Gasteiger partial charge in [-0.25, -0.2) is 0 Å². The number of carbonyl (C=O) groups excluding carboxylic acids is 1. The number of rotatable bonds is 9. The second kappa shape index (κ2) is 12.5. The van der Waals surface area contributed by atoms with Gasteiger partial charge in [-0.3, -0.25) is 4.79 Å². The molecule has 1 fully saturated rings. The minimum atomic E-state index is -2.31. The van der Waals surface area contributed by atoms with Crippen LogP contribution in [-0.4, -0.2) is 31.1 Å². The Morgan fingerprint density at radius 3 is 1.68 bits per heavy atom. The summed E-state index contributed by atoms with van der Waals surface area (Å²) in [6, 6.07) is 42.4. The molecule has 0 aliphatic carbocycles. The van der Waals surface area contributed by atoms with Crippen LogP contribution < -0.4 is 15.9 Å². The van der Waals surface area contributed by atoms with Crippen molar-refractivity contribution in [2.24, 2.45) is 0 Å². The molecule has 38 heavy (non-hydrogen) atoms. The molecule has 0 amide bonds. The Bertz CT molecular complexity index is 1190. The maximum Gasteiger partial charge on any atom is 0.308 e.